The van der Waals surface area contributed by atoms with Crippen LogP contribution in [0.15, 0.2) is 27.1 Å². The van der Waals surface area contributed by atoms with Gasteiger partial charge in [0.25, 0.3) is 0 Å². The van der Waals surface area contributed by atoms with Crippen molar-refractivity contribution in [2.45, 2.75) is 38.9 Å². The van der Waals surface area contributed by atoms with Gasteiger partial charge in [-0.2, -0.15) is 0 Å². The number of carbonyl (C=O) groups is 1. The number of esters is 1. The first-order valence-corrected chi connectivity index (χ1v) is 7.13. The molecule has 0 heterocycles. The van der Waals surface area contributed by atoms with Crippen LogP contribution in [0.5, 0.6) is 0 Å². The van der Waals surface area contributed by atoms with Gasteiger partial charge in [0, 0.05) is 8.95 Å². The smallest absolute Gasteiger partial charge is 0.309 e. The molecular formula is C13H16Br2O3. The second-order valence-corrected chi connectivity index (χ2v) is 6.60. The largest absolute Gasteiger partial charge is 0.460 e. The Kier molecular flexibility index (Phi) is 5.37. The van der Waals surface area contributed by atoms with Crippen molar-refractivity contribution in [3.63, 3.8) is 0 Å². The van der Waals surface area contributed by atoms with Crippen LogP contribution in [-0.4, -0.2) is 16.7 Å². The summed E-state index contributed by atoms with van der Waals surface area (Å²) in [6.07, 6.45) is -0.946. The van der Waals surface area contributed by atoms with Crippen molar-refractivity contribution in [1.82, 2.24) is 0 Å². The lowest BCUT2D eigenvalue weighted by molar-refractivity contribution is -0.157. The molecule has 0 aliphatic carbocycles. The monoisotopic (exact) mass is 378 g/mol. The lowest BCUT2D eigenvalue weighted by Crippen LogP contribution is -2.25. The third-order valence-corrected chi connectivity index (χ3v) is 4.20. The van der Waals surface area contributed by atoms with Crippen LogP contribution in [0.4, 0.5) is 0 Å². The molecule has 1 aromatic rings. The number of aliphatic hydroxyl groups excluding tert-OH is 1. The molecule has 1 atom stereocenters. The number of halogens is 2. The van der Waals surface area contributed by atoms with Crippen molar-refractivity contribution < 1.29 is 14.6 Å². The van der Waals surface area contributed by atoms with Crippen LogP contribution in [0.3, 0.4) is 0 Å². The molecule has 0 radical (unpaired) electrons. The zero-order chi connectivity index (χ0) is 13.9. The molecule has 100 valence electrons. The summed E-state index contributed by atoms with van der Waals surface area (Å²) in [6.45, 7) is 5.39. The Labute approximate surface area is 124 Å². The first kappa shape index (κ1) is 15.7. The van der Waals surface area contributed by atoms with E-state index < -0.39 is 17.7 Å². The molecule has 1 aromatic carbocycles. The minimum Gasteiger partial charge on any atom is -0.460 e. The highest BCUT2D eigenvalue weighted by molar-refractivity contribution is 9.13. The standard InChI is InChI=1S/C13H16Br2O3/c1-13(2,3)18-11(17)7-10(16)8-5-4-6-9(14)12(8)15/h4-6,10,16H,7H2,1-3H3. The van der Waals surface area contributed by atoms with Crippen LogP contribution in [0.1, 0.15) is 38.9 Å². The number of carbonyl (C=O) groups excluding carboxylic acids is 1. The summed E-state index contributed by atoms with van der Waals surface area (Å²) in [5.74, 6) is -0.415. The zero-order valence-corrected chi connectivity index (χ0v) is 13.7. The molecular weight excluding hydrogens is 364 g/mol. The summed E-state index contributed by atoms with van der Waals surface area (Å²) in [4.78, 5) is 11.6. The van der Waals surface area contributed by atoms with E-state index in [0.717, 1.165) is 8.95 Å². The van der Waals surface area contributed by atoms with Crippen LogP contribution in [0.2, 0.25) is 0 Å². The minimum atomic E-state index is -0.883. The average molecular weight is 380 g/mol. The predicted octanol–water partition coefficient (Wildman–Crippen LogP) is 3.98. The fourth-order valence-electron chi connectivity index (χ4n) is 1.43. The van der Waals surface area contributed by atoms with Gasteiger partial charge in [0.2, 0.25) is 0 Å². The molecule has 0 amide bonds. The normalized spacial score (nSPS) is 13.2. The topological polar surface area (TPSA) is 46.5 Å². The summed E-state index contributed by atoms with van der Waals surface area (Å²) >= 11 is 6.73. The van der Waals surface area contributed by atoms with Gasteiger partial charge in [-0.05, 0) is 64.3 Å². The Morgan fingerprint density at radius 2 is 2.00 bits per heavy atom. The first-order valence-electron chi connectivity index (χ1n) is 5.54. The SMILES string of the molecule is CC(C)(C)OC(=O)CC(O)c1cccc(Br)c1Br. The molecule has 5 heteroatoms. The predicted molar refractivity (Wildman–Crippen MR) is 77.3 cm³/mol. The van der Waals surface area contributed by atoms with Gasteiger partial charge in [0.05, 0.1) is 12.5 Å². The van der Waals surface area contributed by atoms with E-state index in [1.165, 1.54) is 0 Å². The second kappa shape index (κ2) is 6.17. The van der Waals surface area contributed by atoms with Crippen molar-refractivity contribution in [3.8, 4) is 0 Å². The Balaban J connectivity index is 2.74. The van der Waals surface area contributed by atoms with E-state index in [1.807, 2.05) is 12.1 Å². The van der Waals surface area contributed by atoms with E-state index in [4.69, 9.17) is 4.74 Å². The van der Waals surface area contributed by atoms with Crippen molar-refractivity contribution in [3.05, 3.63) is 32.7 Å². The van der Waals surface area contributed by atoms with E-state index in [9.17, 15) is 9.90 Å². The number of ether oxygens (including phenoxy) is 1. The molecule has 0 spiro atoms. The fraction of sp³-hybridized carbons (Fsp3) is 0.462. The van der Waals surface area contributed by atoms with Gasteiger partial charge in [-0.1, -0.05) is 12.1 Å². The van der Waals surface area contributed by atoms with Crippen molar-refractivity contribution in [1.29, 1.82) is 0 Å². The van der Waals surface area contributed by atoms with Gasteiger partial charge in [-0.25, -0.2) is 0 Å². The van der Waals surface area contributed by atoms with Crippen molar-refractivity contribution in [2.24, 2.45) is 0 Å². The third kappa shape index (κ3) is 4.71. The maximum atomic E-state index is 11.6. The highest BCUT2D eigenvalue weighted by Crippen LogP contribution is 2.32. The quantitative estimate of drug-likeness (QED) is 0.808. The van der Waals surface area contributed by atoms with Crippen LogP contribution in [-0.2, 0) is 9.53 Å². The number of hydrogen-bond acceptors (Lipinski definition) is 3. The van der Waals surface area contributed by atoms with E-state index in [0.29, 0.717) is 5.56 Å². The molecule has 1 rings (SSSR count). The van der Waals surface area contributed by atoms with Gasteiger partial charge >= 0.3 is 5.97 Å². The first-order chi connectivity index (χ1) is 8.20. The van der Waals surface area contributed by atoms with Gasteiger partial charge in [-0.15, -0.1) is 0 Å². The molecule has 0 saturated carbocycles. The van der Waals surface area contributed by atoms with Crippen molar-refractivity contribution in [2.75, 3.05) is 0 Å². The Morgan fingerprint density at radius 3 is 2.56 bits per heavy atom. The lowest BCUT2D eigenvalue weighted by atomic mass is 10.1. The zero-order valence-electron chi connectivity index (χ0n) is 10.5. The number of aliphatic hydroxyl groups is 1. The fourth-order valence-corrected chi connectivity index (χ4v) is 2.34. The molecule has 0 fully saturated rings. The van der Waals surface area contributed by atoms with Gasteiger partial charge < -0.3 is 9.84 Å². The molecule has 0 aliphatic rings. The van der Waals surface area contributed by atoms with Gasteiger partial charge in [-0.3, -0.25) is 4.79 Å². The van der Waals surface area contributed by atoms with Crippen LogP contribution < -0.4 is 0 Å². The summed E-state index contributed by atoms with van der Waals surface area (Å²) in [5, 5.41) is 10.0. The van der Waals surface area contributed by atoms with E-state index in [2.05, 4.69) is 31.9 Å². The molecule has 1 unspecified atom stereocenters. The van der Waals surface area contributed by atoms with Gasteiger partial charge in [0.15, 0.2) is 0 Å². The highest BCUT2D eigenvalue weighted by atomic mass is 79.9. The number of benzene rings is 1. The third-order valence-electron chi connectivity index (χ3n) is 2.12. The summed E-state index contributed by atoms with van der Waals surface area (Å²) < 4.78 is 6.76. The summed E-state index contributed by atoms with van der Waals surface area (Å²) in [5.41, 5.74) is 0.126. The molecule has 1 N–H and O–H groups in total. The maximum absolute atomic E-state index is 11.6. The number of rotatable bonds is 3. The molecule has 0 saturated heterocycles. The Hall–Kier alpha value is -0.390. The Bertz CT molecular complexity index is 438. The van der Waals surface area contributed by atoms with E-state index >= 15 is 0 Å². The minimum absolute atomic E-state index is 0.0632. The van der Waals surface area contributed by atoms with E-state index in [1.54, 1.807) is 26.8 Å². The highest BCUT2D eigenvalue weighted by Gasteiger charge is 2.21. The average Bonchev–Trinajstić information content (AvgIpc) is 2.18. The summed E-state index contributed by atoms with van der Waals surface area (Å²) in [6, 6.07) is 5.43. The lowest BCUT2D eigenvalue weighted by Gasteiger charge is -2.21. The maximum Gasteiger partial charge on any atom is 0.309 e. The number of hydrogen-bond donors (Lipinski definition) is 1. The summed E-state index contributed by atoms with van der Waals surface area (Å²) in [7, 11) is 0. The van der Waals surface area contributed by atoms with Crippen LogP contribution in [0, 0.1) is 0 Å². The Morgan fingerprint density at radius 1 is 1.39 bits per heavy atom. The molecule has 0 aromatic heterocycles. The van der Waals surface area contributed by atoms with Crippen LogP contribution in [0.25, 0.3) is 0 Å². The molecule has 3 nitrogen and oxygen atoms in total. The molecule has 18 heavy (non-hydrogen) atoms. The molecule has 0 aliphatic heterocycles. The van der Waals surface area contributed by atoms with E-state index in [-0.39, 0.29) is 6.42 Å². The van der Waals surface area contributed by atoms with Crippen molar-refractivity contribution >= 4 is 37.8 Å². The molecule has 0 bridgehead atoms. The second-order valence-electron chi connectivity index (χ2n) is 4.95. The van der Waals surface area contributed by atoms with Gasteiger partial charge in [0.1, 0.15) is 5.60 Å². The van der Waals surface area contributed by atoms with Crippen LogP contribution >= 0.6 is 31.9 Å².